The molecular formula is C20H37N7O2. The van der Waals surface area contributed by atoms with E-state index in [-0.39, 0.29) is 6.10 Å². The van der Waals surface area contributed by atoms with Crippen LogP contribution in [0.3, 0.4) is 0 Å². The summed E-state index contributed by atoms with van der Waals surface area (Å²) in [6.07, 6.45) is 7.54. The number of nitrogens with zero attached hydrogens (tertiary/aromatic N) is 5. The van der Waals surface area contributed by atoms with Crippen molar-refractivity contribution in [1.82, 2.24) is 30.3 Å². The maximum atomic E-state index is 5.83. The fraction of sp³-hybridized carbons (Fsp3) is 0.850. The fourth-order valence-electron chi connectivity index (χ4n) is 3.69. The molecule has 1 aromatic heterocycles. The predicted molar refractivity (Wildman–Crippen MR) is 113 cm³/mol. The third kappa shape index (κ3) is 7.91. The summed E-state index contributed by atoms with van der Waals surface area (Å²) in [5.41, 5.74) is 0. The van der Waals surface area contributed by atoms with Crippen LogP contribution in [0.5, 0.6) is 0 Å². The average molecular weight is 408 g/mol. The molecule has 2 aliphatic heterocycles. The number of aryl methyl sites for hydroxylation is 1. The summed E-state index contributed by atoms with van der Waals surface area (Å²) >= 11 is 0. The number of aromatic nitrogens is 3. The molecule has 2 aliphatic rings. The molecule has 0 bridgehead atoms. The fourth-order valence-corrected chi connectivity index (χ4v) is 3.69. The van der Waals surface area contributed by atoms with E-state index >= 15 is 0 Å². The molecule has 0 spiro atoms. The minimum atomic E-state index is 0.250. The van der Waals surface area contributed by atoms with Gasteiger partial charge in [0.05, 0.1) is 25.9 Å². The number of ether oxygens (including phenoxy) is 2. The Labute approximate surface area is 174 Å². The van der Waals surface area contributed by atoms with Gasteiger partial charge in [0.25, 0.3) is 0 Å². The Morgan fingerprint density at radius 2 is 2.03 bits per heavy atom. The van der Waals surface area contributed by atoms with Gasteiger partial charge in [-0.25, -0.2) is 0 Å². The lowest BCUT2D eigenvalue weighted by atomic mass is 10.1. The molecule has 2 N–H and O–H groups in total. The summed E-state index contributed by atoms with van der Waals surface area (Å²) in [6.45, 7) is 11.1. The first-order valence-electron chi connectivity index (χ1n) is 11.2. The van der Waals surface area contributed by atoms with E-state index in [1.165, 1.54) is 12.8 Å². The molecule has 164 valence electrons. The molecular weight excluding hydrogens is 370 g/mol. The first-order valence-corrected chi connectivity index (χ1v) is 11.2. The van der Waals surface area contributed by atoms with Crippen LogP contribution >= 0.6 is 0 Å². The Kier molecular flexibility index (Phi) is 9.68. The van der Waals surface area contributed by atoms with Crippen LogP contribution in [0.4, 0.5) is 0 Å². The van der Waals surface area contributed by atoms with E-state index in [9.17, 15) is 0 Å². The van der Waals surface area contributed by atoms with Gasteiger partial charge >= 0.3 is 0 Å². The molecule has 0 amide bonds. The van der Waals surface area contributed by atoms with Gasteiger partial charge in [-0.05, 0) is 32.2 Å². The van der Waals surface area contributed by atoms with Gasteiger partial charge in [0.15, 0.2) is 5.96 Å². The second-order valence-corrected chi connectivity index (χ2v) is 7.63. The Bertz CT molecular complexity index is 595. The number of morpholine rings is 1. The summed E-state index contributed by atoms with van der Waals surface area (Å²) in [6, 6.07) is 0. The Balaban J connectivity index is 1.42. The molecule has 0 aromatic carbocycles. The van der Waals surface area contributed by atoms with Crippen molar-refractivity contribution in [2.75, 3.05) is 59.1 Å². The maximum absolute atomic E-state index is 5.83. The lowest BCUT2D eigenvalue weighted by Crippen LogP contribution is -2.42. The average Bonchev–Trinajstić information content (AvgIpc) is 3.23. The van der Waals surface area contributed by atoms with Crippen LogP contribution in [0.1, 0.15) is 38.4 Å². The van der Waals surface area contributed by atoms with E-state index in [0.29, 0.717) is 6.54 Å². The Morgan fingerprint density at radius 3 is 2.83 bits per heavy atom. The molecule has 1 atom stereocenters. The largest absolute Gasteiger partial charge is 0.379 e. The molecule has 0 aliphatic carbocycles. The van der Waals surface area contributed by atoms with Crippen molar-refractivity contribution in [2.45, 2.75) is 51.7 Å². The standard InChI is InChI=1S/C20H37N7O2/c1-2-19-25-24-17-27(19)10-8-22-20(23-16-18-6-3-4-13-29-18)21-7-5-9-26-11-14-28-15-12-26/h17-18H,2-16H2,1H3,(H2,21,22,23). The van der Waals surface area contributed by atoms with Crippen LogP contribution in [0.2, 0.25) is 0 Å². The van der Waals surface area contributed by atoms with Crippen LogP contribution in [0.15, 0.2) is 11.3 Å². The van der Waals surface area contributed by atoms with Gasteiger partial charge < -0.3 is 24.7 Å². The molecule has 2 fully saturated rings. The summed E-state index contributed by atoms with van der Waals surface area (Å²) in [5.74, 6) is 1.88. The molecule has 0 radical (unpaired) electrons. The van der Waals surface area contributed by atoms with E-state index in [1.54, 1.807) is 6.33 Å². The smallest absolute Gasteiger partial charge is 0.191 e. The van der Waals surface area contributed by atoms with Crippen molar-refractivity contribution >= 4 is 5.96 Å². The van der Waals surface area contributed by atoms with Crippen LogP contribution in [-0.4, -0.2) is 90.8 Å². The maximum Gasteiger partial charge on any atom is 0.191 e. The molecule has 3 heterocycles. The number of rotatable bonds is 10. The third-order valence-electron chi connectivity index (χ3n) is 5.43. The molecule has 2 saturated heterocycles. The van der Waals surface area contributed by atoms with E-state index in [4.69, 9.17) is 14.5 Å². The monoisotopic (exact) mass is 407 g/mol. The number of guanidine groups is 1. The van der Waals surface area contributed by atoms with Gasteiger partial charge in [0.1, 0.15) is 12.2 Å². The minimum Gasteiger partial charge on any atom is -0.379 e. The summed E-state index contributed by atoms with van der Waals surface area (Å²) < 4.78 is 13.3. The van der Waals surface area contributed by atoms with Crippen molar-refractivity contribution in [3.8, 4) is 0 Å². The second kappa shape index (κ2) is 12.8. The summed E-state index contributed by atoms with van der Waals surface area (Å²) in [7, 11) is 0. The van der Waals surface area contributed by atoms with Crippen molar-refractivity contribution in [3.63, 3.8) is 0 Å². The number of hydrogen-bond acceptors (Lipinski definition) is 6. The highest BCUT2D eigenvalue weighted by molar-refractivity contribution is 5.79. The van der Waals surface area contributed by atoms with Gasteiger partial charge in [-0.1, -0.05) is 6.92 Å². The predicted octanol–water partition coefficient (Wildman–Crippen LogP) is 0.667. The van der Waals surface area contributed by atoms with Gasteiger partial charge in [-0.3, -0.25) is 9.89 Å². The number of nitrogens with one attached hydrogen (secondary N) is 2. The first kappa shape index (κ1) is 22.0. The topological polar surface area (TPSA) is 88.8 Å². The number of hydrogen-bond donors (Lipinski definition) is 2. The molecule has 1 aromatic rings. The lowest BCUT2D eigenvalue weighted by molar-refractivity contribution is 0.0224. The van der Waals surface area contributed by atoms with Crippen LogP contribution in [0.25, 0.3) is 0 Å². The van der Waals surface area contributed by atoms with Crippen LogP contribution in [-0.2, 0) is 22.4 Å². The Hall–Kier alpha value is -1.71. The van der Waals surface area contributed by atoms with Crippen LogP contribution < -0.4 is 10.6 Å². The highest BCUT2D eigenvalue weighted by Crippen LogP contribution is 2.12. The molecule has 9 heteroatoms. The van der Waals surface area contributed by atoms with E-state index in [0.717, 1.165) is 90.1 Å². The van der Waals surface area contributed by atoms with Crippen molar-refractivity contribution in [3.05, 3.63) is 12.2 Å². The zero-order valence-electron chi connectivity index (χ0n) is 17.8. The molecule has 3 rings (SSSR count). The van der Waals surface area contributed by atoms with Crippen LogP contribution in [0, 0.1) is 0 Å². The zero-order valence-corrected chi connectivity index (χ0v) is 17.8. The van der Waals surface area contributed by atoms with E-state index in [2.05, 4.69) is 37.2 Å². The van der Waals surface area contributed by atoms with Crippen molar-refractivity contribution in [1.29, 1.82) is 0 Å². The second-order valence-electron chi connectivity index (χ2n) is 7.63. The summed E-state index contributed by atoms with van der Waals surface area (Å²) in [4.78, 5) is 7.25. The van der Waals surface area contributed by atoms with Gasteiger partial charge in [0, 0.05) is 45.8 Å². The lowest BCUT2D eigenvalue weighted by Gasteiger charge is -2.26. The highest BCUT2D eigenvalue weighted by Gasteiger charge is 2.14. The van der Waals surface area contributed by atoms with Gasteiger partial charge in [-0.2, -0.15) is 0 Å². The number of aliphatic imine (C=N–C) groups is 1. The summed E-state index contributed by atoms with van der Waals surface area (Å²) in [5, 5.41) is 15.1. The van der Waals surface area contributed by atoms with E-state index in [1.807, 2.05) is 0 Å². The van der Waals surface area contributed by atoms with Crippen molar-refractivity contribution < 1.29 is 9.47 Å². The Morgan fingerprint density at radius 1 is 1.17 bits per heavy atom. The molecule has 1 unspecified atom stereocenters. The van der Waals surface area contributed by atoms with E-state index < -0.39 is 0 Å². The normalized spacial score (nSPS) is 21.3. The molecule has 29 heavy (non-hydrogen) atoms. The zero-order chi connectivity index (χ0) is 20.2. The van der Waals surface area contributed by atoms with Gasteiger partial charge in [-0.15, -0.1) is 10.2 Å². The highest BCUT2D eigenvalue weighted by atomic mass is 16.5. The quantitative estimate of drug-likeness (QED) is 0.335. The minimum absolute atomic E-state index is 0.250. The van der Waals surface area contributed by atoms with Crippen molar-refractivity contribution in [2.24, 2.45) is 4.99 Å². The first-order chi connectivity index (χ1) is 14.3. The molecule has 9 nitrogen and oxygen atoms in total. The third-order valence-corrected chi connectivity index (χ3v) is 5.43. The van der Waals surface area contributed by atoms with Gasteiger partial charge in [0.2, 0.25) is 0 Å². The SMILES string of the molecule is CCc1nncn1CCNC(=NCC1CCCCO1)NCCCN1CCOCC1. The molecule has 0 saturated carbocycles.